The van der Waals surface area contributed by atoms with Gasteiger partial charge < -0.3 is 19.6 Å². The smallest absolute Gasteiger partial charge is 0.0755 e. The summed E-state index contributed by atoms with van der Waals surface area (Å²) in [6.45, 7) is 9.51. The van der Waals surface area contributed by atoms with E-state index in [2.05, 4.69) is 557 Å². The molecule has 27 rings (SSSR count). The fourth-order valence-electron chi connectivity index (χ4n) is 24.3. The highest BCUT2D eigenvalue weighted by molar-refractivity contribution is 6.05. The molecule has 2 spiro atoms. The number of rotatable bonds is 13. The Bertz CT molecular complexity index is 8270. The molecule has 2 aliphatic heterocycles. The highest BCUT2D eigenvalue weighted by atomic mass is 15.2. The Morgan fingerprint density at radius 2 is 0.399 bits per heavy atom. The number of hydrogen-bond donors (Lipinski definition) is 0. The first-order chi connectivity index (χ1) is 68.0. The van der Waals surface area contributed by atoms with Crippen molar-refractivity contribution in [2.45, 2.75) is 49.4 Å². The Balaban J connectivity index is 0.000000143. The molecule has 4 heteroatoms. The SMILES string of the molecule is CC1(C)c2ccccc2-c2ccc(N(c3ccc(-c4ccc(-c5ccc(-c6ccccc6)cc5)cc4)cc3)c3cccc4c3-c3ccccc3C43c4ccccc4N(c4ccccc4)c4ccccc43)cc21.CC1(C)c2ccccc2-c2ccc(N(c3ccc(-c4cccc(-c5ccccc5)c4)cc3)c3cccc4c3-c3ccccc3C43c4ccccc4N(c4ccccc4)c4ccccc43)cc21. The van der Waals surface area contributed by atoms with Crippen molar-refractivity contribution < 1.29 is 0 Å². The van der Waals surface area contributed by atoms with Crippen LogP contribution in [0.1, 0.15) is 94.5 Å². The minimum absolute atomic E-state index is 0.156. The molecule has 21 aromatic carbocycles. The van der Waals surface area contributed by atoms with Gasteiger partial charge in [-0.3, -0.25) is 0 Å². The standard InChI is InChI=1S/C70H50N2.C64H46N2/c1-69(2)59-24-11-9-22-56(59)57-45-44-55(46-64(57)69)71(54-42-40-52(41-43-54)51-38-36-50(37-39-51)49-34-32-48(33-35-49)47-18-5-3-6-19-47)67-31-17-28-63-68(67)58-23-10-12-25-60(58)70(63)61-26-13-15-29-65(61)72(53-20-7-4-8-21-53)66-30-16-14-27-62(66)70;1-63(2)53-27-11-9-25-50(53)51-40-39-49(42-58(51)63)65(48-37-35-44(36-38-48)46-22-17-21-45(41-46)43-19-5-3-6-20-43)61-34-18-31-57-62(61)52-26-10-12-28-54(52)64(57)55-29-13-15-32-59(55)66(47-23-7-4-8-24-47)60-33-16-14-30-56(60)64/h3-46H,1-2H3;3-42H,1-2H3. The molecule has 0 atom stereocenters. The summed E-state index contributed by atoms with van der Waals surface area (Å²) < 4.78 is 0. The zero-order valence-corrected chi connectivity index (χ0v) is 77.3. The van der Waals surface area contributed by atoms with E-state index in [1.54, 1.807) is 0 Å². The van der Waals surface area contributed by atoms with E-state index in [4.69, 9.17) is 0 Å². The molecule has 0 amide bonds. The van der Waals surface area contributed by atoms with E-state index in [9.17, 15) is 0 Å². The van der Waals surface area contributed by atoms with Crippen LogP contribution in [0.3, 0.4) is 0 Å². The van der Waals surface area contributed by atoms with Gasteiger partial charge in [0.2, 0.25) is 0 Å². The van der Waals surface area contributed by atoms with Gasteiger partial charge >= 0.3 is 0 Å². The first kappa shape index (κ1) is 81.6. The van der Waals surface area contributed by atoms with Crippen molar-refractivity contribution in [3.63, 3.8) is 0 Å². The lowest BCUT2D eigenvalue weighted by molar-refractivity contribution is 0.660. The fraction of sp³-hybridized carbons (Fsp3) is 0.0597. The summed E-state index contributed by atoms with van der Waals surface area (Å²) in [6.07, 6.45) is 0. The molecule has 138 heavy (non-hydrogen) atoms. The van der Waals surface area contributed by atoms with Gasteiger partial charge in [-0.25, -0.2) is 0 Å². The van der Waals surface area contributed by atoms with Crippen LogP contribution >= 0.6 is 0 Å². The summed E-state index contributed by atoms with van der Waals surface area (Å²) in [7, 11) is 0. The molecule has 0 unspecified atom stereocenters. The Hall–Kier alpha value is -17.2. The first-order valence-electron chi connectivity index (χ1n) is 48.3. The van der Waals surface area contributed by atoms with E-state index in [0.29, 0.717) is 0 Å². The lowest BCUT2D eigenvalue weighted by Gasteiger charge is -2.45. The van der Waals surface area contributed by atoms with E-state index in [1.807, 2.05) is 0 Å². The number of hydrogen-bond acceptors (Lipinski definition) is 4. The second kappa shape index (κ2) is 32.3. The van der Waals surface area contributed by atoms with Gasteiger partial charge in [0.1, 0.15) is 0 Å². The number of nitrogens with zero attached hydrogens (tertiary/aromatic N) is 4. The molecule has 0 aromatic heterocycles. The van der Waals surface area contributed by atoms with Crippen molar-refractivity contribution in [3.8, 4) is 100 Å². The molecule has 0 radical (unpaired) electrons. The van der Waals surface area contributed by atoms with Crippen LogP contribution in [0.25, 0.3) is 100 Å². The first-order valence-corrected chi connectivity index (χ1v) is 48.3. The Kier molecular flexibility index (Phi) is 19.1. The number of para-hydroxylation sites is 6. The molecule has 6 aliphatic rings. The van der Waals surface area contributed by atoms with Crippen molar-refractivity contribution in [1.29, 1.82) is 0 Å². The second-order valence-electron chi connectivity index (χ2n) is 38.4. The van der Waals surface area contributed by atoms with Crippen LogP contribution < -0.4 is 19.6 Å². The van der Waals surface area contributed by atoms with E-state index in [-0.39, 0.29) is 10.8 Å². The predicted octanol–water partition coefficient (Wildman–Crippen LogP) is 35.6. The highest BCUT2D eigenvalue weighted by Gasteiger charge is 2.55. The summed E-state index contributed by atoms with van der Waals surface area (Å²) >= 11 is 0. The summed E-state index contributed by atoms with van der Waals surface area (Å²) in [4.78, 5) is 9.95. The molecule has 21 aromatic rings. The Labute approximate surface area is 808 Å². The third kappa shape index (κ3) is 12.5. The van der Waals surface area contributed by atoms with Gasteiger partial charge in [-0.1, -0.05) is 422 Å². The number of fused-ring (bicyclic) bond motifs is 24. The average Bonchev–Trinajstić information content (AvgIpc) is 1.47. The van der Waals surface area contributed by atoms with Crippen LogP contribution in [0, 0.1) is 0 Å². The van der Waals surface area contributed by atoms with E-state index < -0.39 is 10.8 Å². The van der Waals surface area contributed by atoms with Crippen LogP contribution in [0.4, 0.5) is 68.2 Å². The monoisotopic (exact) mass is 1760 g/mol. The largest absolute Gasteiger partial charge is 0.310 e. The lowest BCUT2D eigenvalue weighted by atomic mass is 9.64. The van der Waals surface area contributed by atoms with Crippen LogP contribution in [-0.4, -0.2) is 0 Å². The minimum Gasteiger partial charge on any atom is -0.310 e. The molecular formula is C134H96N4. The molecule has 4 aliphatic carbocycles. The van der Waals surface area contributed by atoms with Gasteiger partial charge in [-0.05, 0) is 271 Å². The van der Waals surface area contributed by atoms with Crippen LogP contribution in [0.5, 0.6) is 0 Å². The van der Waals surface area contributed by atoms with Crippen molar-refractivity contribution in [2.75, 3.05) is 19.6 Å². The van der Waals surface area contributed by atoms with E-state index >= 15 is 0 Å². The van der Waals surface area contributed by atoms with Crippen molar-refractivity contribution in [1.82, 2.24) is 0 Å². The summed E-state index contributed by atoms with van der Waals surface area (Å²) in [5.74, 6) is 0. The quantitative estimate of drug-likeness (QED) is 0.114. The van der Waals surface area contributed by atoms with Crippen LogP contribution in [0.2, 0.25) is 0 Å². The maximum Gasteiger partial charge on any atom is 0.0755 e. The van der Waals surface area contributed by atoms with Gasteiger partial charge in [0.25, 0.3) is 0 Å². The fourth-order valence-corrected chi connectivity index (χ4v) is 24.3. The Morgan fingerprint density at radius 1 is 0.159 bits per heavy atom. The van der Waals surface area contributed by atoms with Crippen molar-refractivity contribution in [3.05, 3.63) is 576 Å². The highest BCUT2D eigenvalue weighted by Crippen LogP contribution is 2.69. The summed E-state index contributed by atoms with van der Waals surface area (Å²) in [5, 5.41) is 0. The van der Waals surface area contributed by atoms with Gasteiger partial charge in [-0.15, -0.1) is 0 Å². The molecule has 0 N–H and O–H groups in total. The molecule has 652 valence electrons. The summed E-state index contributed by atoms with van der Waals surface area (Å²) in [5.41, 5.74) is 50.5. The van der Waals surface area contributed by atoms with E-state index in [0.717, 1.165) is 45.5 Å². The van der Waals surface area contributed by atoms with E-state index in [1.165, 1.54) is 190 Å². The third-order valence-corrected chi connectivity index (χ3v) is 30.5. The Morgan fingerprint density at radius 3 is 0.754 bits per heavy atom. The van der Waals surface area contributed by atoms with Gasteiger partial charge in [-0.2, -0.15) is 0 Å². The predicted molar refractivity (Wildman–Crippen MR) is 576 cm³/mol. The number of benzene rings is 21. The molecule has 4 nitrogen and oxygen atoms in total. The average molecular weight is 1760 g/mol. The van der Waals surface area contributed by atoms with Gasteiger partial charge in [0.15, 0.2) is 0 Å². The third-order valence-electron chi connectivity index (χ3n) is 30.5. The summed E-state index contributed by atoms with van der Waals surface area (Å²) in [6, 6.07) is 189. The van der Waals surface area contributed by atoms with Crippen molar-refractivity contribution in [2.24, 2.45) is 0 Å². The molecule has 0 fully saturated rings. The van der Waals surface area contributed by atoms with Gasteiger partial charge in [0.05, 0.1) is 45.0 Å². The second-order valence-corrected chi connectivity index (χ2v) is 38.4. The zero-order valence-electron chi connectivity index (χ0n) is 77.3. The topological polar surface area (TPSA) is 13.0 Å². The van der Waals surface area contributed by atoms with Crippen LogP contribution in [-0.2, 0) is 21.7 Å². The molecule has 0 bridgehead atoms. The van der Waals surface area contributed by atoms with Crippen LogP contribution in [0.15, 0.2) is 510 Å². The maximum absolute atomic E-state index is 2.52. The molecule has 0 saturated heterocycles. The molecule has 0 saturated carbocycles. The molecular weight excluding hydrogens is 1670 g/mol. The number of anilines is 12. The zero-order chi connectivity index (χ0) is 92.0. The van der Waals surface area contributed by atoms with Crippen molar-refractivity contribution >= 4 is 68.2 Å². The molecule has 2 heterocycles. The minimum atomic E-state index is -0.576. The normalized spacial score (nSPS) is 14.0. The maximum atomic E-state index is 2.52. The lowest BCUT2D eigenvalue weighted by Crippen LogP contribution is -2.36. The van der Waals surface area contributed by atoms with Gasteiger partial charge in [0, 0.05) is 56.1 Å².